The van der Waals surface area contributed by atoms with Crippen LogP contribution in [-0.4, -0.2) is 61.1 Å². The molecule has 0 radical (unpaired) electrons. The minimum atomic E-state index is -0.209. The molecule has 1 heterocycles. The van der Waals surface area contributed by atoms with Gasteiger partial charge in [0.25, 0.3) is 0 Å². The predicted octanol–water partition coefficient (Wildman–Crippen LogP) is 1.75. The maximum absolute atomic E-state index is 12.8. The molecule has 19 heavy (non-hydrogen) atoms. The van der Waals surface area contributed by atoms with E-state index in [0.717, 1.165) is 45.4 Å². The highest BCUT2D eigenvalue weighted by Crippen LogP contribution is 2.43. The summed E-state index contributed by atoms with van der Waals surface area (Å²) in [7, 11) is 1.70. The zero-order valence-electron chi connectivity index (χ0n) is 12.9. The van der Waals surface area contributed by atoms with Crippen LogP contribution in [0.1, 0.15) is 40.0 Å². The van der Waals surface area contributed by atoms with E-state index in [0.29, 0.717) is 12.5 Å². The third-order valence-corrected chi connectivity index (χ3v) is 4.93. The van der Waals surface area contributed by atoms with Crippen LogP contribution in [0.2, 0.25) is 0 Å². The Morgan fingerprint density at radius 2 is 1.95 bits per heavy atom. The SMILES string of the molecule is CCN1CCN(C(=O)C2(COC)CCC2)CC1(C)C. The Morgan fingerprint density at radius 3 is 2.37 bits per heavy atom. The lowest BCUT2D eigenvalue weighted by atomic mass is 9.68. The van der Waals surface area contributed by atoms with Gasteiger partial charge < -0.3 is 9.64 Å². The first-order valence-electron chi connectivity index (χ1n) is 7.48. The van der Waals surface area contributed by atoms with Gasteiger partial charge in [-0.1, -0.05) is 13.3 Å². The molecule has 0 aromatic carbocycles. The van der Waals surface area contributed by atoms with Crippen molar-refractivity contribution in [2.24, 2.45) is 5.41 Å². The molecule has 1 amide bonds. The summed E-state index contributed by atoms with van der Waals surface area (Å²) < 4.78 is 5.30. The Balaban J connectivity index is 2.05. The van der Waals surface area contributed by atoms with Crippen molar-refractivity contribution in [3.05, 3.63) is 0 Å². The third-order valence-electron chi connectivity index (χ3n) is 4.93. The summed E-state index contributed by atoms with van der Waals surface area (Å²) in [6.07, 6.45) is 3.15. The second-order valence-corrected chi connectivity index (χ2v) is 6.69. The van der Waals surface area contributed by atoms with E-state index in [2.05, 4.69) is 30.6 Å². The van der Waals surface area contributed by atoms with E-state index in [9.17, 15) is 4.79 Å². The topological polar surface area (TPSA) is 32.8 Å². The van der Waals surface area contributed by atoms with Gasteiger partial charge >= 0.3 is 0 Å². The largest absolute Gasteiger partial charge is 0.384 e. The van der Waals surface area contributed by atoms with Gasteiger partial charge in [-0.05, 0) is 33.2 Å². The zero-order valence-corrected chi connectivity index (χ0v) is 12.9. The van der Waals surface area contributed by atoms with E-state index in [1.807, 2.05) is 0 Å². The smallest absolute Gasteiger partial charge is 0.231 e. The Morgan fingerprint density at radius 1 is 1.26 bits per heavy atom. The number of rotatable bonds is 4. The summed E-state index contributed by atoms with van der Waals surface area (Å²) >= 11 is 0. The number of carbonyl (C=O) groups excluding carboxylic acids is 1. The molecule has 0 aromatic heterocycles. The average Bonchev–Trinajstić information content (AvgIpc) is 2.31. The summed E-state index contributed by atoms with van der Waals surface area (Å²) in [6, 6.07) is 0. The number of piperazine rings is 1. The summed E-state index contributed by atoms with van der Waals surface area (Å²) in [4.78, 5) is 17.3. The van der Waals surface area contributed by atoms with Gasteiger partial charge in [-0.3, -0.25) is 9.69 Å². The molecule has 1 aliphatic heterocycles. The molecule has 0 bridgehead atoms. The average molecular weight is 268 g/mol. The maximum Gasteiger partial charge on any atom is 0.231 e. The van der Waals surface area contributed by atoms with Gasteiger partial charge in [-0.25, -0.2) is 0 Å². The van der Waals surface area contributed by atoms with Gasteiger partial charge in [0.1, 0.15) is 0 Å². The highest BCUT2D eigenvalue weighted by Gasteiger charge is 2.48. The van der Waals surface area contributed by atoms with Gasteiger partial charge in [0.05, 0.1) is 12.0 Å². The Hall–Kier alpha value is -0.610. The van der Waals surface area contributed by atoms with Crippen LogP contribution in [-0.2, 0) is 9.53 Å². The number of amides is 1. The number of ether oxygens (including phenoxy) is 1. The first-order chi connectivity index (χ1) is 8.95. The fourth-order valence-corrected chi connectivity index (χ4v) is 3.58. The molecule has 4 heteroatoms. The van der Waals surface area contributed by atoms with Gasteiger partial charge in [-0.2, -0.15) is 0 Å². The number of hydrogen-bond acceptors (Lipinski definition) is 3. The van der Waals surface area contributed by atoms with E-state index >= 15 is 0 Å². The van der Waals surface area contributed by atoms with Crippen molar-refractivity contribution in [1.29, 1.82) is 0 Å². The second kappa shape index (κ2) is 5.41. The van der Waals surface area contributed by atoms with Crippen LogP contribution in [0.4, 0.5) is 0 Å². The summed E-state index contributed by atoms with van der Waals surface area (Å²) in [5.74, 6) is 0.324. The lowest BCUT2D eigenvalue weighted by Crippen LogP contribution is -2.63. The van der Waals surface area contributed by atoms with Crippen molar-refractivity contribution in [2.75, 3.05) is 39.9 Å². The molecule has 0 spiro atoms. The van der Waals surface area contributed by atoms with E-state index in [1.165, 1.54) is 0 Å². The molecule has 4 nitrogen and oxygen atoms in total. The van der Waals surface area contributed by atoms with Gasteiger partial charge in [0.15, 0.2) is 0 Å². The molecule has 1 saturated heterocycles. The molecule has 1 aliphatic carbocycles. The van der Waals surface area contributed by atoms with Crippen LogP contribution in [0.3, 0.4) is 0 Å². The van der Waals surface area contributed by atoms with Crippen molar-refractivity contribution in [3.8, 4) is 0 Å². The van der Waals surface area contributed by atoms with Gasteiger partial charge in [-0.15, -0.1) is 0 Å². The Bertz CT molecular complexity index is 337. The molecule has 2 fully saturated rings. The zero-order chi connectivity index (χ0) is 14.1. The van der Waals surface area contributed by atoms with Gasteiger partial charge in [0.2, 0.25) is 5.91 Å². The molecule has 0 aromatic rings. The highest BCUT2D eigenvalue weighted by atomic mass is 16.5. The monoisotopic (exact) mass is 268 g/mol. The quantitative estimate of drug-likeness (QED) is 0.778. The summed E-state index contributed by atoms with van der Waals surface area (Å²) in [6.45, 7) is 11.0. The van der Waals surface area contributed by atoms with E-state index in [4.69, 9.17) is 4.74 Å². The molecular weight excluding hydrogens is 240 g/mol. The molecular formula is C15H28N2O2. The fraction of sp³-hybridized carbons (Fsp3) is 0.933. The second-order valence-electron chi connectivity index (χ2n) is 6.69. The lowest BCUT2D eigenvalue weighted by molar-refractivity contribution is -0.157. The van der Waals surface area contributed by atoms with Crippen molar-refractivity contribution in [1.82, 2.24) is 9.80 Å². The first-order valence-corrected chi connectivity index (χ1v) is 7.48. The standard InChI is InChI=1S/C15H28N2O2/c1-5-17-10-9-16(11-14(17,2)3)13(18)15(12-19-4)7-6-8-15/h5-12H2,1-4H3. The lowest BCUT2D eigenvalue weighted by Gasteiger charge is -2.50. The predicted molar refractivity (Wildman–Crippen MR) is 76.1 cm³/mol. The first kappa shape index (κ1) is 14.8. The van der Waals surface area contributed by atoms with Crippen LogP contribution in [0.25, 0.3) is 0 Å². The number of hydrogen-bond donors (Lipinski definition) is 0. The Labute approximate surface area is 117 Å². The van der Waals surface area contributed by atoms with Crippen molar-refractivity contribution in [2.45, 2.75) is 45.6 Å². The van der Waals surface area contributed by atoms with Gasteiger partial charge in [0, 0.05) is 32.3 Å². The molecule has 110 valence electrons. The van der Waals surface area contributed by atoms with Crippen LogP contribution >= 0.6 is 0 Å². The molecule has 2 aliphatic rings. The Kier molecular flexibility index (Phi) is 4.21. The summed E-state index contributed by atoms with van der Waals surface area (Å²) in [5.41, 5.74) is -0.125. The maximum atomic E-state index is 12.8. The number of likely N-dealkylation sites (N-methyl/N-ethyl adjacent to an activating group) is 1. The van der Waals surface area contributed by atoms with Crippen LogP contribution in [0.15, 0.2) is 0 Å². The van der Waals surface area contributed by atoms with E-state index in [-0.39, 0.29) is 11.0 Å². The minimum absolute atomic E-state index is 0.0840. The molecule has 0 unspecified atom stereocenters. The third kappa shape index (κ3) is 2.65. The van der Waals surface area contributed by atoms with Crippen molar-refractivity contribution < 1.29 is 9.53 Å². The van der Waals surface area contributed by atoms with E-state index in [1.54, 1.807) is 7.11 Å². The number of carbonyl (C=O) groups is 1. The molecule has 1 saturated carbocycles. The highest BCUT2D eigenvalue weighted by molar-refractivity contribution is 5.84. The number of nitrogens with zero attached hydrogens (tertiary/aromatic N) is 2. The van der Waals surface area contributed by atoms with Crippen molar-refractivity contribution in [3.63, 3.8) is 0 Å². The fourth-order valence-electron chi connectivity index (χ4n) is 3.58. The van der Waals surface area contributed by atoms with Crippen LogP contribution < -0.4 is 0 Å². The van der Waals surface area contributed by atoms with Crippen molar-refractivity contribution >= 4 is 5.91 Å². The summed E-state index contributed by atoms with van der Waals surface area (Å²) in [5, 5.41) is 0. The minimum Gasteiger partial charge on any atom is -0.384 e. The van der Waals surface area contributed by atoms with E-state index < -0.39 is 0 Å². The van der Waals surface area contributed by atoms with Crippen LogP contribution in [0.5, 0.6) is 0 Å². The molecule has 0 N–H and O–H groups in total. The normalized spacial score (nSPS) is 26.0. The van der Waals surface area contributed by atoms with Crippen LogP contribution in [0, 0.1) is 5.41 Å². The molecule has 0 atom stereocenters. The number of methoxy groups -OCH3 is 1. The molecule has 2 rings (SSSR count).